The number of carbonyl (C=O) groups excluding carboxylic acids is 1. The molecule has 4 heteroatoms. The summed E-state index contributed by atoms with van der Waals surface area (Å²) in [7, 11) is 0. The molecule has 0 aliphatic carbocycles. The molecule has 78 valence electrons. The Bertz CT molecular complexity index is 548. The van der Waals surface area contributed by atoms with Crippen LogP contribution in [0.3, 0.4) is 0 Å². The number of hydrogen-bond acceptors (Lipinski definition) is 3. The van der Waals surface area contributed by atoms with Crippen molar-refractivity contribution in [3.63, 3.8) is 0 Å². The van der Waals surface area contributed by atoms with Gasteiger partial charge in [0.2, 0.25) is 0 Å². The Hall–Kier alpha value is -1.42. The Labute approximate surface area is 92.1 Å². The van der Waals surface area contributed by atoms with Gasteiger partial charge >= 0.3 is 0 Å². The van der Waals surface area contributed by atoms with Gasteiger partial charge in [-0.05, 0) is 32.9 Å². The van der Waals surface area contributed by atoms with Crippen LogP contribution < -0.4 is 0 Å². The lowest BCUT2D eigenvalue weighted by Crippen LogP contribution is -1.89. The van der Waals surface area contributed by atoms with Crippen molar-refractivity contribution in [2.75, 3.05) is 0 Å². The summed E-state index contributed by atoms with van der Waals surface area (Å²) in [6, 6.07) is 0. The number of fused-ring (bicyclic) bond motifs is 1. The highest BCUT2D eigenvalue weighted by molar-refractivity contribution is 7.15. The zero-order valence-corrected chi connectivity index (χ0v) is 9.76. The first-order valence-electron chi connectivity index (χ1n) is 4.71. The third-order valence-corrected chi connectivity index (χ3v) is 3.17. The molecule has 2 rings (SSSR count). The van der Waals surface area contributed by atoms with Crippen molar-refractivity contribution < 1.29 is 4.79 Å². The molecule has 0 aliphatic rings. The quantitative estimate of drug-likeness (QED) is 0.729. The van der Waals surface area contributed by atoms with E-state index in [4.69, 9.17) is 0 Å². The van der Waals surface area contributed by atoms with Crippen molar-refractivity contribution in [3.05, 3.63) is 28.5 Å². The van der Waals surface area contributed by atoms with Crippen LogP contribution in [0.15, 0.2) is 11.5 Å². The summed E-state index contributed by atoms with van der Waals surface area (Å²) in [4.78, 5) is 16.3. The summed E-state index contributed by atoms with van der Waals surface area (Å²) in [6.45, 7) is 5.54. The van der Waals surface area contributed by atoms with E-state index in [1.165, 1.54) is 0 Å². The van der Waals surface area contributed by atoms with Crippen LogP contribution in [0, 0.1) is 13.8 Å². The summed E-state index contributed by atoms with van der Waals surface area (Å²) in [5.74, 6) is 0.0530. The minimum atomic E-state index is 0.0530. The van der Waals surface area contributed by atoms with Crippen LogP contribution >= 0.6 is 11.3 Å². The fourth-order valence-electron chi connectivity index (χ4n) is 1.52. The van der Waals surface area contributed by atoms with Gasteiger partial charge in [0.15, 0.2) is 10.7 Å². The van der Waals surface area contributed by atoms with Crippen molar-refractivity contribution >= 4 is 28.2 Å². The number of rotatable bonds is 2. The van der Waals surface area contributed by atoms with Gasteiger partial charge in [-0.2, -0.15) is 0 Å². The number of carbonyl (C=O) groups is 1. The molecule has 2 aromatic heterocycles. The van der Waals surface area contributed by atoms with Gasteiger partial charge in [-0.25, -0.2) is 4.98 Å². The molecule has 2 aromatic rings. The predicted molar refractivity (Wildman–Crippen MR) is 62.3 cm³/mol. The fraction of sp³-hybridized carbons (Fsp3) is 0.273. The number of aryl methyl sites for hydroxylation is 2. The highest BCUT2D eigenvalue weighted by Crippen LogP contribution is 2.21. The normalized spacial score (nSPS) is 11.7. The molecule has 3 nitrogen and oxygen atoms in total. The molecule has 0 N–H and O–H groups in total. The Morgan fingerprint density at radius 1 is 1.53 bits per heavy atom. The van der Waals surface area contributed by atoms with Gasteiger partial charge in [-0.3, -0.25) is 9.20 Å². The van der Waals surface area contributed by atoms with Gasteiger partial charge in [-0.1, -0.05) is 0 Å². The molecule has 2 heterocycles. The summed E-state index contributed by atoms with van der Waals surface area (Å²) in [5, 5.41) is 2.06. The van der Waals surface area contributed by atoms with E-state index in [9.17, 15) is 4.79 Å². The lowest BCUT2D eigenvalue weighted by Gasteiger charge is -1.95. The van der Waals surface area contributed by atoms with Gasteiger partial charge in [-0.15, -0.1) is 11.3 Å². The van der Waals surface area contributed by atoms with Crippen molar-refractivity contribution in [1.82, 2.24) is 9.38 Å². The molecule has 15 heavy (non-hydrogen) atoms. The Morgan fingerprint density at radius 2 is 2.27 bits per heavy atom. The highest BCUT2D eigenvalue weighted by Gasteiger charge is 2.09. The van der Waals surface area contributed by atoms with E-state index >= 15 is 0 Å². The second-order valence-corrected chi connectivity index (χ2v) is 4.36. The van der Waals surface area contributed by atoms with Crippen LogP contribution in [0.4, 0.5) is 0 Å². The van der Waals surface area contributed by atoms with Crippen LogP contribution in [0.25, 0.3) is 11.0 Å². The average molecular weight is 220 g/mol. The molecule has 0 aliphatic heterocycles. The molecule has 0 spiro atoms. The van der Waals surface area contributed by atoms with Crippen molar-refractivity contribution in [3.8, 4) is 0 Å². The van der Waals surface area contributed by atoms with Gasteiger partial charge < -0.3 is 0 Å². The van der Waals surface area contributed by atoms with Crippen LogP contribution in [0.5, 0.6) is 0 Å². The first kappa shape index (κ1) is 10.1. The van der Waals surface area contributed by atoms with Gasteiger partial charge in [0.25, 0.3) is 0 Å². The van der Waals surface area contributed by atoms with Crippen LogP contribution in [-0.4, -0.2) is 15.2 Å². The second-order valence-electron chi connectivity index (χ2n) is 3.52. The summed E-state index contributed by atoms with van der Waals surface area (Å²) in [6.07, 6.45) is 3.41. The molecule has 0 saturated carbocycles. The lowest BCUT2D eigenvalue weighted by molar-refractivity contribution is -0.112. The molecule has 0 atom stereocenters. The topological polar surface area (TPSA) is 34.4 Å². The maximum Gasteiger partial charge on any atom is 0.194 e. The van der Waals surface area contributed by atoms with Gasteiger partial charge in [0, 0.05) is 11.1 Å². The number of ketones is 1. The van der Waals surface area contributed by atoms with Crippen molar-refractivity contribution in [2.24, 2.45) is 0 Å². The maximum atomic E-state index is 10.9. The molecular formula is C11H12N2OS. The van der Waals surface area contributed by atoms with E-state index in [2.05, 4.69) is 14.8 Å². The Kier molecular flexibility index (Phi) is 2.44. The molecule has 0 aromatic carbocycles. The first-order chi connectivity index (χ1) is 7.09. The Balaban J connectivity index is 2.62. The van der Waals surface area contributed by atoms with E-state index in [0.29, 0.717) is 0 Å². The zero-order chi connectivity index (χ0) is 11.0. The van der Waals surface area contributed by atoms with Gasteiger partial charge in [0.05, 0.1) is 11.4 Å². The smallest absolute Gasteiger partial charge is 0.194 e. The standard InChI is InChI=1S/C11H12N2OS/c1-7-6-15-11-12-9(3)10(13(7)11)5-4-8(2)14/h4-6H,1-3H3/b5-4+. The number of allylic oxidation sites excluding steroid dienone is 1. The van der Waals surface area contributed by atoms with Crippen LogP contribution in [-0.2, 0) is 4.79 Å². The van der Waals surface area contributed by atoms with E-state index in [1.807, 2.05) is 19.9 Å². The number of imidazole rings is 1. The molecule has 0 saturated heterocycles. The first-order valence-corrected chi connectivity index (χ1v) is 5.59. The SMILES string of the molecule is CC(=O)/C=C/c1c(C)nc2scc(C)n12. The maximum absolute atomic E-state index is 10.9. The van der Waals surface area contributed by atoms with E-state index < -0.39 is 0 Å². The summed E-state index contributed by atoms with van der Waals surface area (Å²) in [5.41, 5.74) is 3.11. The number of nitrogens with zero attached hydrogens (tertiary/aromatic N) is 2. The molecule has 0 amide bonds. The highest BCUT2D eigenvalue weighted by atomic mass is 32.1. The number of thiazole rings is 1. The zero-order valence-electron chi connectivity index (χ0n) is 8.94. The van der Waals surface area contributed by atoms with E-state index in [0.717, 1.165) is 22.0 Å². The van der Waals surface area contributed by atoms with E-state index in [-0.39, 0.29) is 5.78 Å². The van der Waals surface area contributed by atoms with Gasteiger partial charge in [0.1, 0.15) is 0 Å². The molecular weight excluding hydrogens is 208 g/mol. The lowest BCUT2D eigenvalue weighted by atomic mass is 10.3. The number of hydrogen-bond donors (Lipinski definition) is 0. The largest absolute Gasteiger partial charge is 0.295 e. The predicted octanol–water partition coefficient (Wildman–Crippen LogP) is 2.61. The Morgan fingerprint density at radius 3 is 2.93 bits per heavy atom. The minimum Gasteiger partial charge on any atom is -0.295 e. The van der Waals surface area contributed by atoms with Crippen molar-refractivity contribution in [2.45, 2.75) is 20.8 Å². The summed E-state index contributed by atoms with van der Waals surface area (Å²) < 4.78 is 2.07. The fourth-order valence-corrected chi connectivity index (χ4v) is 2.44. The van der Waals surface area contributed by atoms with Crippen molar-refractivity contribution in [1.29, 1.82) is 0 Å². The monoisotopic (exact) mass is 220 g/mol. The molecule has 0 bridgehead atoms. The second kappa shape index (κ2) is 3.62. The molecule has 0 radical (unpaired) electrons. The molecule has 0 unspecified atom stereocenters. The third kappa shape index (κ3) is 1.72. The minimum absolute atomic E-state index is 0.0530. The van der Waals surface area contributed by atoms with Crippen LogP contribution in [0.2, 0.25) is 0 Å². The summed E-state index contributed by atoms with van der Waals surface area (Å²) >= 11 is 1.62. The van der Waals surface area contributed by atoms with E-state index in [1.54, 1.807) is 24.3 Å². The molecule has 0 fully saturated rings. The third-order valence-electron chi connectivity index (χ3n) is 2.23. The van der Waals surface area contributed by atoms with Crippen LogP contribution in [0.1, 0.15) is 24.0 Å². The number of aromatic nitrogens is 2. The average Bonchev–Trinajstić information content (AvgIpc) is 2.64.